The number of hydrogen-bond acceptors (Lipinski definition) is 4. The summed E-state index contributed by atoms with van der Waals surface area (Å²) in [5.41, 5.74) is 3.01. The Morgan fingerprint density at radius 2 is 1.76 bits per heavy atom. The molecule has 0 atom stereocenters. The Morgan fingerprint density at radius 1 is 1.12 bits per heavy atom. The van der Waals surface area contributed by atoms with E-state index in [1.165, 1.54) is 17.2 Å². The lowest BCUT2D eigenvalue weighted by atomic mass is 10.1. The van der Waals surface area contributed by atoms with Crippen LogP contribution in [0.15, 0.2) is 30.5 Å². The number of carbonyl (C=O) groups excluding carboxylic acids is 1. The quantitative estimate of drug-likeness (QED) is 0.873. The van der Waals surface area contributed by atoms with Gasteiger partial charge >= 0.3 is 5.97 Å². The molecule has 2 aromatic rings. The van der Waals surface area contributed by atoms with Crippen LogP contribution in [0.1, 0.15) is 37.5 Å². The summed E-state index contributed by atoms with van der Waals surface area (Å²) in [5, 5.41) is 9.05. The van der Waals surface area contributed by atoms with Gasteiger partial charge in [0.2, 0.25) is 0 Å². The molecule has 0 aliphatic carbocycles. The minimum Gasteiger partial charge on any atom is -0.492 e. The van der Waals surface area contributed by atoms with E-state index in [4.69, 9.17) is 9.84 Å². The maximum absolute atomic E-state index is 12.5. The molecule has 6 heteroatoms. The molecule has 0 saturated carbocycles. The van der Waals surface area contributed by atoms with Crippen molar-refractivity contribution in [2.75, 3.05) is 20.2 Å². The molecule has 0 spiro atoms. The molecule has 1 heterocycles. The van der Waals surface area contributed by atoms with E-state index in [2.05, 4.69) is 11.1 Å². The van der Waals surface area contributed by atoms with Crippen molar-refractivity contribution in [3.8, 4) is 5.75 Å². The Labute approximate surface area is 147 Å². The molecule has 2 rings (SSSR count). The van der Waals surface area contributed by atoms with Gasteiger partial charge in [-0.15, -0.1) is 0 Å². The minimum absolute atomic E-state index is 0.00571. The fraction of sp³-hybridized carbons (Fsp3) is 0.316. The van der Waals surface area contributed by atoms with Gasteiger partial charge in [-0.05, 0) is 50.1 Å². The smallest absolute Gasteiger partial charge is 0.337 e. The van der Waals surface area contributed by atoms with Crippen molar-refractivity contribution < 1.29 is 19.4 Å². The van der Waals surface area contributed by atoms with Crippen LogP contribution in [-0.4, -0.2) is 47.1 Å². The number of amides is 1. The van der Waals surface area contributed by atoms with Gasteiger partial charge in [-0.2, -0.15) is 0 Å². The Bertz CT molecular complexity index is 782. The average Bonchev–Trinajstić information content (AvgIpc) is 2.53. The van der Waals surface area contributed by atoms with Crippen molar-refractivity contribution in [1.29, 1.82) is 0 Å². The third-order valence-electron chi connectivity index (χ3n) is 3.80. The third kappa shape index (κ3) is 4.79. The van der Waals surface area contributed by atoms with Gasteiger partial charge < -0.3 is 14.7 Å². The summed E-state index contributed by atoms with van der Waals surface area (Å²) in [6.07, 6.45) is 1.25. The molecule has 0 bridgehead atoms. The molecule has 1 amide bonds. The van der Waals surface area contributed by atoms with Crippen LogP contribution in [0.5, 0.6) is 5.75 Å². The number of carboxylic acid groups (broad SMARTS) is 1. The van der Waals surface area contributed by atoms with E-state index in [1.54, 1.807) is 14.0 Å². The summed E-state index contributed by atoms with van der Waals surface area (Å²) >= 11 is 0. The average molecular weight is 342 g/mol. The van der Waals surface area contributed by atoms with Gasteiger partial charge in [-0.1, -0.05) is 6.07 Å². The maximum atomic E-state index is 12.5. The molecule has 1 N–H and O–H groups in total. The van der Waals surface area contributed by atoms with Crippen LogP contribution in [0, 0.1) is 20.8 Å². The Balaban J connectivity index is 2.01. The first-order valence-electron chi connectivity index (χ1n) is 7.94. The number of nitrogens with zero attached hydrogens (tertiary/aromatic N) is 2. The highest BCUT2D eigenvalue weighted by Crippen LogP contribution is 2.16. The van der Waals surface area contributed by atoms with Crippen molar-refractivity contribution >= 4 is 11.9 Å². The molecule has 6 nitrogen and oxygen atoms in total. The van der Waals surface area contributed by atoms with Gasteiger partial charge in [-0.3, -0.25) is 9.78 Å². The van der Waals surface area contributed by atoms with Crippen LogP contribution < -0.4 is 4.74 Å². The number of aromatic nitrogens is 1. The van der Waals surface area contributed by atoms with Gasteiger partial charge in [0.15, 0.2) is 0 Å². The lowest BCUT2D eigenvalue weighted by Gasteiger charge is -2.19. The lowest BCUT2D eigenvalue weighted by molar-refractivity contribution is 0.0696. The number of carbonyl (C=O) groups is 2. The third-order valence-corrected chi connectivity index (χ3v) is 3.80. The topological polar surface area (TPSA) is 79.7 Å². The van der Waals surface area contributed by atoms with Gasteiger partial charge in [-0.25, -0.2) is 4.79 Å². The number of benzene rings is 1. The summed E-state index contributed by atoms with van der Waals surface area (Å²) in [6, 6.07) is 7.31. The van der Waals surface area contributed by atoms with Gasteiger partial charge in [0.05, 0.1) is 23.4 Å². The zero-order valence-electron chi connectivity index (χ0n) is 14.9. The molecular weight excluding hydrogens is 320 g/mol. The number of carboxylic acids is 1. The van der Waals surface area contributed by atoms with Gasteiger partial charge in [0.25, 0.3) is 5.91 Å². The van der Waals surface area contributed by atoms with Crippen molar-refractivity contribution in [2.45, 2.75) is 20.8 Å². The Hall–Kier alpha value is -2.89. The number of hydrogen-bond donors (Lipinski definition) is 1. The fourth-order valence-electron chi connectivity index (χ4n) is 2.49. The van der Waals surface area contributed by atoms with Gasteiger partial charge in [0, 0.05) is 13.2 Å². The molecule has 0 aliphatic heterocycles. The van der Waals surface area contributed by atoms with Crippen molar-refractivity contribution in [1.82, 2.24) is 9.88 Å². The second kappa shape index (κ2) is 7.79. The highest BCUT2D eigenvalue weighted by atomic mass is 16.5. The van der Waals surface area contributed by atoms with Crippen LogP contribution in [0.3, 0.4) is 0 Å². The summed E-state index contributed by atoms with van der Waals surface area (Å²) < 4.78 is 5.71. The predicted octanol–water partition coefficient (Wildman–Crippen LogP) is 2.86. The fourth-order valence-corrected chi connectivity index (χ4v) is 2.49. The van der Waals surface area contributed by atoms with Crippen LogP contribution in [-0.2, 0) is 0 Å². The summed E-state index contributed by atoms with van der Waals surface area (Å²) in [6.45, 7) is 6.40. The summed E-state index contributed by atoms with van der Waals surface area (Å²) in [7, 11) is 1.65. The number of pyridine rings is 1. The molecule has 1 aromatic carbocycles. The maximum Gasteiger partial charge on any atom is 0.337 e. The zero-order chi connectivity index (χ0) is 18.6. The molecule has 1 aromatic heterocycles. The zero-order valence-corrected chi connectivity index (χ0v) is 14.9. The summed E-state index contributed by atoms with van der Waals surface area (Å²) in [4.78, 5) is 29.1. The van der Waals surface area contributed by atoms with E-state index in [0.29, 0.717) is 18.8 Å². The number of ether oxygens (including phenoxy) is 1. The molecule has 132 valence electrons. The van der Waals surface area contributed by atoms with E-state index >= 15 is 0 Å². The first-order chi connectivity index (χ1) is 11.8. The van der Waals surface area contributed by atoms with Crippen molar-refractivity contribution in [3.63, 3.8) is 0 Å². The Kier molecular flexibility index (Phi) is 5.75. The van der Waals surface area contributed by atoms with E-state index in [9.17, 15) is 9.59 Å². The number of likely N-dealkylation sites (N-methyl/N-ethyl adjacent to an activating group) is 1. The van der Waals surface area contributed by atoms with Crippen LogP contribution in [0.2, 0.25) is 0 Å². The van der Waals surface area contributed by atoms with E-state index in [-0.39, 0.29) is 17.0 Å². The minimum atomic E-state index is -1.11. The van der Waals surface area contributed by atoms with Crippen molar-refractivity contribution in [2.24, 2.45) is 0 Å². The number of rotatable bonds is 6. The largest absolute Gasteiger partial charge is 0.492 e. The van der Waals surface area contributed by atoms with Crippen LogP contribution >= 0.6 is 0 Å². The van der Waals surface area contributed by atoms with Crippen molar-refractivity contribution in [3.05, 3.63) is 58.4 Å². The number of aryl methyl sites for hydroxylation is 3. The van der Waals surface area contributed by atoms with Gasteiger partial charge in [0.1, 0.15) is 12.4 Å². The highest BCUT2D eigenvalue weighted by molar-refractivity contribution is 5.98. The second-order valence-electron chi connectivity index (χ2n) is 6.06. The van der Waals surface area contributed by atoms with Crippen LogP contribution in [0.4, 0.5) is 0 Å². The van der Waals surface area contributed by atoms with E-state index in [0.717, 1.165) is 16.9 Å². The molecule has 0 radical (unpaired) electrons. The van der Waals surface area contributed by atoms with E-state index in [1.807, 2.05) is 26.0 Å². The van der Waals surface area contributed by atoms with Crippen LogP contribution in [0.25, 0.3) is 0 Å². The highest BCUT2D eigenvalue weighted by Gasteiger charge is 2.17. The molecule has 0 fully saturated rings. The lowest BCUT2D eigenvalue weighted by Crippen LogP contribution is -2.31. The SMILES string of the molecule is Cc1cc(C)cc(OCCN(C)C(=O)c2cc(C(=O)O)cnc2C)c1. The number of aromatic carboxylic acids is 1. The molecule has 0 unspecified atom stereocenters. The standard InChI is InChI=1S/C19H22N2O4/c1-12-7-13(2)9-16(8-12)25-6-5-21(4)18(22)17-10-15(19(23)24)11-20-14(17)3/h7-11H,5-6H2,1-4H3,(H,23,24). The first kappa shape index (κ1) is 18.4. The Morgan fingerprint density at radius 3 is 2.36 bits per heavy atom. The normalized spacial score (nSPS) is 10.4. The second-order valence-corrected chi connectivity index (χ2v) is 6.06. The predicted molar refractivity (Wildman–Crippen MR) is 94.3 cm³/mol. The van der Waals surface area contributed by atoms with E-state index < -0.39 is 5.97 Å². The first-order valence-corrected chi connectivity index (χ1v) is 7.94. The molecule has 0 aliphatic rings. The molecule has 0 saturated heterocycles. The monoisotopic (exact) mass is 342 g/mol. The molecule has 25 heavy (non-hydrogen) atoms. The molecular formula is C19H22N2O4. The summed E-state index contributed by atoms with van der Waals surface area (Å²) in [5.74, 6) is -0.622.